The lowest BCUT2D eigenvalue weighted by molar-refractivity contribution is -0.119. The van der Waals surface area contributed by atoms with E-state index in [-0.39, 0.29) is 18.3 Å². The molecular formula is C16H25ClN2O. The van der Waals surface area contributed by atoms with Crippen LogP contribution in [0.4, 0.5) is 5.69 Å². The molecule has 0 radical (unpaired) electrons. The van der Waals surface area contributed by atoms with Crippen molar-refractivity contribution in [2.75, 3.05) is 18.0 Å². The van der Waals surface area contributed by atoms with Crippen LogP contribution in [0.3, 0.4) is 0 Å². The molecule has 1 aromatic carbocycles. The van der Waals surface area contributed by atoms with Crippen LogP contribution in [-0.4, -0.2) is 25.0 Å². The van der Waals surface area contributed by atoms with E-state index in [4.69, 9.17) is 0 Å². The van der Waals surface area contributed by atoms with E-state index < -0.39 is 0 Å². The summed E-state index contributed by atoms with van der Waals surface area (Å²) in [4.78, 5) is 14.1. The van der Waals surface area contributed by atoms with Crippen LogP contribution < -0.4 is 10.2 Å². The van der Waals surface area contributed by atoms with E-state index in [1.165, 1.54) is 24.0 Å². The third-order valence-corrected chi connectivity index (χ3v) is 4.02. The maximum absolute atomic E-state index is 12.1. The van der Waals surface area contributed by atoms with Crippen molar-refractivity contribution in [1.29, 1.82) is 0 Å². The molecule has 0 aliphatic carbocycles. The maximum Gasteiger partial charge on any atom is 0.241 e. The summed E-state index contributed by atoms with van der Waals surface area (Å²) in [5, 5.41) is 3.35. The smallest absolute Gasteiger partial charge is 0.241 e. The fourth-order valence-electron chi connectivity index (χ4n) is 2.62. The first-order valence-corrected chi connectivity index (χ1v) is 7.23. The summed E-state index contributed by atoms with van der Waals surface area (Å²) in [6, 6.07) is 6.62. The Kier molecular flexibility index (Phi) is 6.50. The Bertz CT molecular complexity index is 462. The summed E-state index contributed by atoms with van der Waals surface area (Å²) in [7, 11) is 0. The average molecular weight is 297 g/mol. The van der Waals surface area contributed by atoms with Gasteiger partial charge in [-0.15, -0.1) is 12.4 Å². The van der Waals surface area contributed by atoms with E-state index in [1.807, 2.05) is 11.0 Å². The molecular weight excluding hydrogens is 272 g/mol. The fraction of sp³-hybridized carbons (Fsp3) is 0.562. The van der Waals surface area contributed by atoms with Gasteiger partial charge in [-0.05, 0) is 37.5 Å². The van der Waals surface area contributed by atoms with Gasteiger partial charge in [-0.25, -0.2) is 0 Å². The molecule has 0 spiro atoms. The second kappa shape index (κ2) is 7.65. The minimum Gasteiger partial charge on any atom is -0.309 e. The van der Waals surface area contributed by atoms with Crippen LogP contribution in [0.5, 0.6) is 0 Å². The van der Waals surface area contributed by atoms with Crippen LogP contribution in [0.1, 0.15) is 37.3 Å². The van der Waals surface area contributed by atoms with Gasteiger partial charge in [-0.2, -0.15) is 0 Å². The van der Waals surface area contributed by atoms with Gasteiger partial charge >= 0.3 is 0 Å². The Morgan fingerprint density at radius 2 is 2.10 bits per heavy atom. The Hall–Kier alpha value is -1.06. The number of nitrogens with one attached hydrogen (secondary N) is 1. The van der Waals surface area contributed by atoms with Crippen molar-refractivity contribution in [3.05, 3.63) is 29.3 Å². The summed E-state index contributed by atoms with van der Waals surface area (Å²) in [5.74, 6) is 0.182. The molecule has 0 unspecified atom stereocenters. The van der Waals surface area contributed by atoms with E-state index in [0.717, 1.165) is 18.7 Å². The third-order valence-electron chi connectivity index (χ3n) is 4.02. The van der Waals surface area contributed by atoms with Gasteiger partial charge in [0.25, 0.3) is 0 Å². The van der Waals surface area contributed by atoms with Gasteiger partial charge in [0, 0.05) is 18.3 Å². The summed E-state index contributed by atoms with van der Waals surface area (Å²) in [6.45, 7) is 7.66. The average Bonchev–Trinajstić information content (AvgIpc) is 2.41. The van der Waals surface area contributed by atoms with Crippen molar-refractivity contribution in [1.82, 2.24) is 5.32 Å². The fourth-order valence-corrected chi connectivity index (χ4v) is 2.62. The number of hydrogen-bond donors (Lipinski definition) is 1. The van der Waals surface area contributed by atoms with E-state index in [2.05, 4.69) is 38.2 Å². The van der Waals surface area contributed by atoms with Gasteiger partial charge in [-0.1, -0.05) is 31.9 Å². The molecule has 2 rings (SSSR count). The zero-order valence-electron chi connectivity index (χ0n) is 12.6. The lowest BCUT2D eigenvalue weighted by Gasteiger charge is -2.34. The highest BCUT2D eigenvalue weighted by molar-refractivity contribution is 5.96. The highest BCUT2D eigenvalue weighted by atomic mass is 35.5. The molecule has 0 bridgehead atoms. The van der Waals surface area contributed by atoms with Gasteiger partial charge in [0.1, 0.15) is 0 Å². The number of hydrogen-bond acceptors (Lipinski definition) is 2. The van der Waals surface area contributed by atoms with Gasteiger partial charge < -0.3 is 10.2 Å². The quantitative estimate of drug-likeness (QED) is 0.925. The predicted octanol–water partition coefficient (Wildman–Crippen LogP) is 3.22. The Balaban J connectivity index is 0.00000200. The number of halogens is 1. The normalized spacial score (nSPS) is 18.9. The Labute approximate surface area is 128 Å². The van der Waals surface area contributed by atoms with Crippen molar-refractivity contribution in [2.24, 2.45) is 0 Å². The molecule has 1 saturated heterocycles. The summed E-state index contributed by atoms with van der Waals surface area (Å²) < 4.78 is 0. The maximum atomic E-state index is 12.1. The number of amides is 1. The van der Waals surface area contributed by atoms with E-state index in [9.17, 15) is 4.79 Å². The van der Waals surface area contributed by atoms with Crippen LogP contribution in [0.25, 0.3) is 0 Å². The zero-order chi connectivity index (χ0) is 13.8. The molecule has 0 aromatic heterocycles. The molecule has 1 aromatic rings. The molecule has 0 saturated carbocycles. The van der Waals surface area contributed by atoms with Crippen molar-refractivity contribution in [3.63, 3.8) is 0 Å². The minimum absolute atomic E-state index is 0. The highest BCUT2D eigenvalue weighted by Crippen LogP contribution is 2.24. The molecule has 4 heteroatoms. The summed E-state index contributed by atoms with van der Waals surface area (Å²) >= 11 is 0. The number of rotatable bonds is 4. The lowest BCUT2D eigenvalue weighted by Crippen LogP contribution is -2.54. The van der Waals surface area contributed by atoms with Crippen molar-refractivity contribution >= 4 is 24.0 Å². The number of piperazine rings is 1. The van der Waals surface area contributed by atoms with Crippen LogP contribution in [-0.2, 0) is 4.79 Å². The van der Waals surface area contributed by atoms with E-state index >= 15 is 0 Å². The molecule has 1 amide bonds. The molecule has 1 fully saturated rings. The first kappa shape index (κ1) is 17.0. The molecule has 1 N–H and O–H groups in total. The van der Waals surface area contributed by atoms with Crippen LogP contribution in [0.2, 0.25) is 0 Å². The first-order chi connectivity index (χ1) is 9.13. The molecule has 112 valence electrons. The van der Waals surface area contributed by atoms with Crippen molar-refractivity contribution in [2.45, 2.75) is 46.1 Å². The van der Waals surface area contributed by atoms with Gasteiger partial charge in [0.2, 0.25) is 5.91 Å². The molecule has 1 heterocycles. The van der Waals surface area contributed by atoms with Crippen LogP contribution in [0.15, 0.2) is 18.2 Å². The largest absolute Gasteiger partial charge is 0.309 e. The second-order valence-corrected chi connectivity index (χ2v) is 5.44. The molecule has 20 heavy (non-hydrogen) atoms. The minimum atomic E-state index is 0. The van der Waals surface area contributed by atoms with Crippen molar-refractivity contribution < 1.29 is 4.79 Å². The number of unbranched alkanes of at least 4 members (excludes halogenated alkanes) is 1. The number of aryl methyl sites for hydroxylation is 1. The molecule has 3 nitrogen and oxygen atoms in total. The lowest BCUT2D eigenvalue weighted by atomic mass is 10.0. The van der Waals surface area contributed by atoms with E-state index in [0.29, 0.717) is 12.6 Å². The number of benzene rings is 1. The third kappa shape index (κ3) is 3.74. The monoisotopic (exact) mass is 296 g/mol. The first-order valence-electron chi connectivity index (χ1n) is 7.23. The molecule has 1 aliphatic rings. The van der Waals surface area contributed by atoms with E-state index in [1.54, 1.807) is 0 Å². The van der Waals surface area contributed by atoms with Crippen LogP contribution >= 0.6 is 12.4 Å². The molecule has 1 aliphatic heterocycles. The van der Waals surface area contributed by atoms with Crippen molar-refractivity contribution in [3.8, 4) is 0 Å². The standard InChI is InChI=1S/C16H24N2O.ClH/c1-4-5-8-14-11-18(16(19)10-17-14)15-9-6-7-12(2)13(15)3;/h6-7,9,14,17H,4-5,8,10-11H2,1-3H3;1H/t14-;/m0./s1. The SMILES string of the molecule is CCCC[C@H]1CN(c2cccc(C)c2C)C(=O)CN1.Cl. The van der Waals surface area contributed by atoms with Gasteiger partial charge in [0.15, 0.2) is 0 Å². The Morgan fingerprint density at radius 1 is 1.35 bits per heavy atom. The number of carbonyl (C=O) groups excluding carboxylic acids is 1. The van der Waals surface area contributed by atoms with Crippen LogP contribution in [0, 0.1) is 13.8 Å². The van der Waals surface area contributed by atoms with Gasteiger partial charge in [-0.3, -0.25) is 4.79 Å². The topological polar surface area (TPSA) is 32.3 Å². The summed E-state index contributed by atoms with van der Waals surface area (Å²) in [6.07, 6.45) is 3.56. The number of anilines is 1. The number of carbonyl (C=O) groups is 1. The second-order valence-electron chi connectivity index (χ2n) is 5.44. The van der Waals surface area contributed by atoms with Gasteiger partial charge in [0.05, 0.1) is 6.54 Å². The molecule has 1 atom stereocenters. The Morgan fingerprint density at radius 3 is 2.80 bits per heavy atom. The number of nitrogens with zero attached hydrogens (tertiary/aromatic N) is 1. The highest BCUT2D eigenvalue weighted by Gasteiger charge is 2.26. The summed E-state index contributed by atoms with van der Waals surface area (Å²) in [5.41, 5.74) is 3.54. The predicted molar refractivity (Wildman–Crippen MR) is 86.8 cm³/mol. The zero-order valence-corrected chi connectivity index (χ0v) is 13.4.